The van der Waals surface area contributed by atoms with Crippen LogP contribution in [0.15, 0.2) is 0 Å². The van der Waals surface area contributed by atoms with Crippen molar-refractivity contribution in [2.75, 3.05) is 33.5 Å². The predicted molar refractivity (Wildman–Crippen MR) is 50.6 cm³/mol. The van der Waals surface area contributed by atoms with E-state index in [9.17, 15) is 4.79 Å². The van der Waals surface area contributed by atoms with Gasteiger partial charge < -0.3 is 14.8 Å². The molecule has 0 fully saturated rings. The van der Waals surface area contributed by atoms with E-state index in [-0.39, 0.29) is 12.5 Å². The Bertz CT molecular complexity index is 128. The first-order chi connectivity index (χ1) is 6.31. The molecular formula is C9H19NO3. The minimum Gasteiger partial charge on any atom is -0.382 e. The summed E-state index contributed by atoms with van der Waals surface area (Å²) >= 11 is 0. The second kappa shape index (κ2) is 9.48. The Kier molecular flexibility index (Phi) is 9.03. The average molecular weight is 189 g/mol. The third-order valence-electron chi connectivity index (χ3n) is 1.52. The van der Waals surface area contributed by atoms with Crippen molar-refractivity contribution in [3.05, 3.63) is 0 Å². The van der Waals surface area contributed by atoms with Crippen LogP contribution in [0.25, 0.3) is 0 Å². The SMILES string of the molecule is CCCCNC(=O)COCCOC. The molecule has 0 radical (unpaired) electrons. The van der Waals surface area contributed by atoms with E-state index in [0.29, 0.717) is 13.2 Å². The van der Waals surface area contributed by atoms with Crippen molar-refractivity contribution < 1.29 is 14.3 Å². The van der Waals surface area contributed by atoms with Crippen molar-refractivity contribution in [3.63, 3.8) is 0 Å². The number of hydrogen-bond donors (Lipinski definition) is 1. The minimum absolute atomic E-state index is 0.0513. The zero-order valence-electron chi connectivity index (χ0n) is 8.47. The van der Waals surface area contributed by atoms with E-state index in [1.807, 2.05) is 0 Å². The molecular weight excluding hydrogens is 170 g/mol. The Morgan fingerprint density at radius 2 is 2.15 bits per heavy atom. The van der Waals surface area contributed by atoms with E-state index in [4.69, 9.17) is 9.47 Å². The van der Waals surface area contributed by atoms with Crippen LogP contribution in [0.4, 0.5) is 0 Å². The maximum absolute atomic E-state index is 11.0. The second-order valence-electron chi connectivity index (χ2n) is 2.75. The summed E-state index contributed by atoms with van der Waals surface area (Å²) in [5, 5.41) is 2.76. The summed E-state index contributed by atoms with van der Waals surface area (Å²) in [7, 11) is 1.60. The van der Waals surface area contributed by atoms with E-state index in [0.717, 1.165) is 19.4 Å². The van der Waals surface area contributed by atoms with Crippen LogP contribution < -0.4 is 5.32 Å². The molecule has 13 heavy (non-hydrogen) atoms. The largest absolute Gasteiger partial charge is 0.382 e. The van der Waals surface area contributed by atoms with Crippen LogP contribution in [-0.4, -0.2) is 39.4 Å². The first-order valence-electron chi connectivity index (χ1n) is 4.64. The summed E-state index contributed by atoms with van der Waals surface area (Å²) in [5.74, 6) is -0.0513. The summed E-state index contributed by atoms with van der Waals surface area (Å²) < 4.78 is 9.79. The number of hydrogen-bond acceptors (Lipinski definition) is 3. The van der Waals surface area contributed by atoms with Crippen molar-refractivity contribution >= 4 is 5.91 Å². The van der Waals surface area contributed by atoms with E-state index in [2.05, 4.69) is 12.2 Å². The number of carbonyl (C=O) groups is 1. The minimum atomic E-state index is -0.0513. The molecule has 0 aromatic rings. The summed E-state index contributed by atoms with van der Waals surface area (Å²) in [5.41, 5.74) is 0. The van der Waals surface area contributed by atoms with Crippen LogP contribution in [0, 0.1) is 0 Å². The van der Waals surface area contributed by atoms with Gasteiger partial charge in [0.05, 0.1) is 13.2 Å². The molecule has 0 saturated heterocycles. The fourth-order valence-electron chi connectivity index (χ4n) is 0.763. The number of amides is 1. The number of ether oxygens (including phenoxy) is 2. The van der Waals surface area contributed by atoms with Crippen molar-refractivity contribution in [1.82, 2.24) is 5.32 Å². The van der Waals surface area contributed by atoms with Gasteiger partial charge in [0, 0.05) is 13.7 Å². The van der Waals surface area contributed by atoms with E-state index >= 15 is 0 Å². The molecule has 0 saturated carbocycles. The summed E-state index contributed by atoms with van der Waals surface area (Å²) in [6.45, 7) is 3.96. The first-order valence-corrected chi connectivity index (χ1v) is 4.64. The van der Waals surface area contributed by atoms with Gasteiger partial charge in [0.1, 0.15) is 6.61 Å². The highest BCUT2D eigenvalue weighted by molar-refractivity contribution is 5.77. The molecule has 0 aromatic carbocycles. The highest BCUT2D eigenvalue weighted by atomic mass is 16.5. The molecule has 0 spiro atoms. The van der Waals surface area contributed by atoms with Gasteiger partial charge in [-0.3, -0.25) is 4.79 Å². The second-order valence-corrected chi connectivity index (χ2v) is 2.75. The van der Waals surface area contributed by atoms with E-state index in [1.165, 1.54) is 0 Å². The molecule has 1 amide bonds. The lowest BCUT2D eigenvalue weighted by molar-refractivity contribution is -0.126. The van der Waals surface area contributed by atoms with Crippen molar-refractivity contribution in [2.45, 2.75) is 19.8 Å². The van der Waals surface area contributed by atoms with Crippen LogP contribution in [0.3, 0.4) is 0 Å². The van der Waals surface area contributed by atoms with Gasteiger partial charge in [-0.15, -0.1) is 0 Å². The van der Waals surface area contributed by atoms with Crippen LogP contribution in [-0.2, 0) is 14.3 Å². The lowest BCUT2D eigenvalue weighted by Gasteiger charge is -2.04. The third-order valence-corrected chi connectivity index (χ3v) is 1.52. The Morgan fingerprint density at radius 3 is 2.77 bits per heavy atom. The molecule has 0 rings (SSSR count). The summed E-state index contributed by atoms with van der Waals surface area (Å²) in [4.78, 5) is 11.0. The molecule has 0 atom stereocenters. The number of methoxy groups -OCH3 is 1. The standard InChI is InChI=1S/C9H19NO3/c1-3-4-5-10-9(11)8-13-7-6-12-2/h3-8H2,1-2H3,(H,10,11). The van der Waals surface area contributed by atoms with Gasteiger partial charge in [-0.25, -0.2) is 0 Å². The molecule has 0 bridgehead atoms. The quantitative estimate of drug-likeness (QED) is 0.568. The van der Waals surface area contributed by atoms with Gasteiger partial charge in [-0.2, -0.15) is 0 Å². The van der Waals surface area contributed by atoms with Gasteiger partial charge >= 0.3 is 0 Å². The fourth-order valence-corrected chi connectivity index (χ4v) is 0.763. The maximum atomic E-state index is 11.0. The zero-order chi connectivity index (χ0) is 9.94. The molecule has 4 nitrogen and oxygen atoms in total. The summed E-state index contributed by atoms with van der Waals surface area (Å²) in [6, 6.07) is 0. The lowest BCUT2D eigenvalue weighted by atomic mass is 10.3. The van der Waals surface area contributed by atoms with Crippen LogP contribution in [0.2, 0.25) is 0 Å². The van der Waals surface area contributed by atoms with Crippen molar-refractivity contribution in [1.29, 1.82) is 0 Å². The Hall–Kier alpha value is -0.610. The smallest absolute Gasteiger partial charge is 0.245 e. The molecule has 0 aliphatic rings. The Balaban J connectivity index is 3.11. The van der Waals surface area contributed by atoms with Gasteiger partial charge in [0.25, 0.3) is 0 Å². The number of unbranched alkanes of at least 4 members (excludes halogenated alkanes) is 1. The normalized spacial score (nSPS) is 10.0. The Morgan fingerprint density at radius 1 is 1.38 bits per heavy atom. The van der Waals surface area contributed by atoms with Gasteiger partial charge in [-0.05, 0) is 6.42 Å². The number of carbonyl (C=O) groups excluding carboxylic acids is 1. The van der Waals surface area contributed by atoms with Crippen LogP contribution in [0.5, 0.6) is 0 Å². The van der Waals surface area contributed by atoms with Crippen LogP contribution >= 0.6 is 0 Å². The van der Waals surface area contributed by atoms with Gasteiger partial charge in [-0.1, -0.05) is 13.3 Å². The van der Waals surface area contributed by atoms with Gasteiger partial charge in [0.15, 0.2) is 0 Å². The monoisotopic (exact) mass is 189 g/mol. The number of rotatable bonds is 8. The molecule has 1 N–H and O–H groups in total. The third kappa shape index (κ3) is 9.30. The lowest BCUT2D eigenvalue weighted by Crippen LogP contribution is -2.28. The molecule has 78 valence electrons. The molecule has 0 heterocycles. The molecule has 0 aliphatic carbocycles. The van der Waals surface area contributed by atoms with Gasteiger partial charge in [0.2, 0.25) is 5.91 Å². The average Bonchev–Trinajstić information content (AvgIpc) is 2.13. The van der Waals surface area contributed by atoms with Crippen molar-refractivity contribution in [3.8, 4) is 0 Å². The molecule has 0 aromatic heterocycles. The highest BCUT2D eigenvalue weighted by Crippen LogP contribution is 1.83. The molecule has 0 aliphatic heterocycles. The van der Waals surface area contributed by atoms with Crippen LogP contribution in [0.1, 0.15) is 19.8 Å². The maximum Gasteiger partial charge on any atom is 0.245 e. The summed E-state index contributed by atoms with van der Waals surface area (Å²) in [6.07, 6.45) is 2.11. The molecule has 0 unspecified atom stereocenters. The fraction of sp³-hybridized carbons (Fsp3) is 0.889. The molecule has 4 heteroatoms. The first kappa shape index (κ1) is 12.4. The predicted octanol–water partition coefficient (Wildman–Crippen LogP) is 0.566. The van der Waals surface area contributed by atoms with Crippen molar-refractivity contribution in [2.24, 2.45) is 0 Å². The topological polar surface area (TPSA) is 47.6 Å². The Labute approximate surface area is 79.6 Å². The van der Waals surface area contributed by atoms with E-state index < -0.39 is 0 Å². The highest BCUT2D eigenvalue weighted by Gasteiger charge is 1.98. The number of nitrogens with one attached hydrogen (secondary N) is 1. The zero-order valence-corrected chi connectivity index (χ0v) is 8.47. The van der Waals surface area contributed by atoms with E-state index in [1.54, 1.807) is 7.11 Å².